The van der Waals surface area contributed by atoms with Crippen LogP contribution in [0.3, 0.4) is 0 Å². The first kappa shape index (κ1) is 13.5. The summed E-state index contributed by atoms with van der Waals surface area (Å²) in [5, 5.41) is 9.14. The van der Waals surface area contributed by atoms with Gasteiger partial charge in [-0.3, -0.25) is 0 Å². The van der Waals surface area contributed by atoms with E-state index in [0.29, 0.717) is 5.95 Å². The number of aliphatic hydroxyl groups excluding tert-OH is 1. The van der Waals surface area contributed by atoms with Gasteiger partial charge >= 0.3 is 0 Å². The molecule has 0 aliphatic heterocycles. The predicted molar refractivity (Wildman–Crippen MR) is 76.7 cm³/mol. The molecule has 2 rings (SSSR count). The zero-order chi connectivity index (χ0) is 14.0. The summed E-state index contributed by atoms with van der Waals surface area (Å²) in [5.41, 5.74) is 5.06. The Morgan fingerprint density at radius 3 is 2.26 bits per heavy atom. The quantitative estimate of drug-likeness (QED) is 0.918. The first-order valence-corrected chi connectivity index (χ1v) is 6.26. The van der Waals surface area contributed by atoms with Gasteiger partial charge in [0.1, 0.15) is 0 Å². The van der Waals surface area contributed by atoms with Crippen molar-refractivity contribution >= 4 is 11.6 Å². The molecule has 1 N–H and O–H groups in total. The summed E-state index contributed by atoms with van der Waals surface area (Å²) in [7, 11) is 1.95. The van der Waals surface area contributed by atoms with Gasteiger partial charge in [-0.05, 0) is 44.0 Å². The van der Waals surface area contributed by atoms with Crippen LogP contribution in [0.25, 0.3) is 0 Å². The van der Waals surface area contributed by atoms with Gasteiger partial charge in [-0.25, -0.2) is 9.97 Å². The monoisotopic (exact) mass is 257 g/mol. The molecule has 0 bridgehead atoms. The van der Waals surface area contributed by atoms with Crippen LogP contribution in [0, 0.1) is 20.8 Å². The average molecular weight is 257 g/mol. The number of aryl methyl sites for hydroxylation is 3. The van der Waals surface area contributed by atoms with Crippen molar-refractivity contribution in [3.63, 3.8) is 0 Å². The van der Waals surface area contributed by atoms with Gasteiger partial charge in [0.2, 0.25) is 5.95 Å². The molecule has 1 heterocycles. The van der Waals surface area contributed by atoms with Gasteiger partial charge < -0.3 is 10.0 Å². The summed E-state index contributed by atoms with van der Waals surface area (Å²) < 4.78 is 0. The third kappa shape index (κ3) is 2.90. The fourth-order valence-electron chi connectivity index (χ4n) is 2.06. The summed E-state index contributed by atoms with van der Waals surface area (Å²) in [5.74, 6) is 0.639. The summed E-state index contributed by atoms with van der Waals surface area (Å²) in [6.07, 6.45) is 1.68. The summed E-state index contributed by atoms with van der Waals surface area (Å²) in [6, 6.07) is 6.34. The van der Waals surface area contributed by atoms with Gasteiger partial charge in [0, 0.05) is 30.2 Å². The Morgan fingerprint density at radius 2 is 1.74 bits per heavy atom. The van der Waals surface area contributed by atoms with E-state index < -0.39 is 0 Å². The van der Waals surface area contributed by atoms with Gasteiger partial charge in [-0.1, -0.05) is 6.07 Å². The first-order valence-electron chi connectivity index (χ1n) is 6.26. The lowest BCUT2D eigenvalue weighted by Crippen LogP contribution is -2.14. The van der Waals surface area contributed by atoms with Crippen LogP contribution in [0.5, 0.6) is 0 Å². The third-order valence-electron chi connectivity index (χ3n) is 3.13. The third-order valence-corrected chi connectivity index (χ3v) is 3.13. The van der Waals surface area contributed by atoms with Crippen molar-refractivity contribution in [1.82, 2.24) is 9.97 Å². The highest BCUT2D eigenvalue weighted by atomic mass is 16.3. The van der Waals surface area contributed by atoms with E-state index in [0.717, 1.165) is 16.9 Å². The Balaban J connectivity index is 2.38. The standard InChI is InChI=1S/C15H19N3O/c1-10-5-11(2)7-14(6-10)18(4)15-16-8-13(9-19)12(3)17-15/h5-8,19H,9H2,1-4H3. The molecule has 0 aliphatic rings. The predicted octanol–water partition coefficient (Wildman–Crippen LogP) is 2.66. The normalized spacial score (nSPS) is 10.6. The largest absolute Gasteiger partial charge is 0.392 e. The van der Waals surface area contributed by atoms with Gasteiger partial charge in [-0.15, -0.1) is 0 Å². The van der Waals surface area contributed by atoms with Crippen molar-refractivity contribution in [1.29, 1.82) is 0 Å². The SMILES string of the molecule is Cc1cc(C)cc(N(C)c2ncc(CO)c(C)n2)c1. The molecule has 100 valence electrons. The first-order chi connectivity index (χ1) is 9.01. The van der Waals surface area contributed by atoms with Crippen molar-refractivity contribution in [3.8, 4) is 0 Å². The van der Waals surface area contributed by atoms with Gasteiger partial charge in [0.15, 0.2) is 0 Å². The van der Waals surface area contributed by atoms with Crippen LogP contribution >= 0.6 is 0 Å². The fourth-order valence-corrected chi connectivity index (χ4v) is 2.06. The minimum absolute atomic E-state index is 0.0284. The summed E-state index contributed by atoms with van der Waals surface area (Å²) in [6.45, 7) is 6.00. The van der Waals surface area contributed by atoms with Crippen LogP contribution in [-0.2, 0) is 6.61 Å². The van der Waals surface area contributed by atoms with E-state index in [1.165, 1.54) is 11.1 Å². The number of hydrogen-bond acceptors (Lipinski definition) is 4. The zero-order valence-corrected chi connectivity index (χ0v) is 11.8. The van der Waals surface area contributed by atoms with Crippen LogP contribution in [-0.4, -0.2) is 22.1 Å². The van der Waals surface area contributed by atoms with E-state index in [1.807, 2.05) is 18.9 Å². The maximum absolute atomic E-state index is 9.14. The Morgan fingerprint density at radius 1 is 1.11 bits per heavy atom. The second-order valence-electron chi connectivity index (χ2n) is 4.84. The van der Waals surface area contributed by atoms with Crippen LogP contribution in [0.2, 0.25) is 0 Å². The maximum atomic E-state index is 9.14. The molecule has 4 nitrogen and oxygen atoms in total. The minimum Gasteiger partial charge on any atom is -0.392 e. The molecule has 0 spiro atoms. The van der Waals surface area contributed by atoms with E-state index >= 15 is 0 Å². The molecular weight excluding hydrogens is 238 g/mol. The lowest BCUT2D eigenvalue weighted by Gasteiger charge is -2.19. The highest BCUT2D eigenvalue weighted by molar-refractivity contribution is 5.58. The van der Waals surface area contributed by atoms with Crippen molar-refractivity contribution in [2.24, 2.45) is 0 Å². The lowest BCUT2D eigenvalue weighted by atomic mass is 10.1. The minimum atomic E-state index is -0.0284. The molecule has 0 unspecified atom stereocenters. The zero-order valence-electron chi connectivity index (χ0n) is 11.8. The van der Waals surface area contributed by atoms with Gasteiger partial charge in [0.05, 0.1) is 6.61 Å². The molecule has 0 fully saturated rings. The molecule has 0 amide bonds. The summed E-state index contributed by atoms with van der Waals surface area (Å²) in [4.78, 5) is 10.7. The van der Waals surface area contributed by atoms with Crippen LogP contribution in [0.4, 0.5) is 11.6 Å². The van der Waals surface area contributed by atoms with Gasteiger partial charge in [0.25, 0.3) is 0 Å². The topological polar surface area (TPSA) is 49.2 Å². The molecule has 0 radical (unpaired) electrons. The van der Waals surface area contributed by atoms with E-state index in [-0.39, 0.29) is 6.61 Å². The van der Waals surface area contributed by atoms with Crippen molar-refractivity contribution in [3.05, 3.63) is 46.8 Å². The number of benzene rings is 1. The molecule has 1 aromatic heterocycles. The van der Waals surface area contributed by atoms with E-state index in [9.17, 15) is 0 Å². The molecule has 0 aliphatic carbocycles. The van der Waals surface area contributed by atoms with E-state index in [2.05, 4.69) is 42.0 Å². The number of anilines is 2. The van der Waals surface area contributed by atoms with Crippen molar-refractivity contribution < 1.29 is 5.11 Å². The van der Waals surface area contributed by atoms with Gasteiger partial charge in [-0.2, -0.15) is 0 Å². The molecule has 2 aromatic rings. The Bertz CT molecular complexity index is 576. The average Bonchev–Trinajstić information content (AvgIpc) is 2.36. The number of nitrogens with zero attached hydrogens (tertiary/aromatic N) is 3. The highest BCUT2D eigenvalue weighted by Crippen LogP contribution is 2.23. The molecule has 1 aromatic carbocycles. The Hall–Kier alpha value is -1.94. The molecular formula is C15H19N3O. The highest BCUT2D eigenvalue weighted by Gasteiger charge is 2.09. The second kappa shape index (κ2) is 5.36. The smallest absolute Gasteiger partial charge is 0.229 e. The molecule has 0 saturated heterocycles. The molecule has 4 heteroatoms. The fraction of sp³-hybridized carbons (Fsp3) is 0.333. The molecule has 0 atom stereocenters. The Kier molecular flexibility index (Phi) is 3.81. The van der Waals surface area contributed by atoms with E-state index in [4.69, 9.17) is 5.11 Å². The second-order valence-corrected chi connectivity index (χ2v) is 4.84. The van der Waals surface area contributed by atoms with Crippen LogP contribution in [0.15, 0.2) is 24.4 Å². The van der Waals surface area contributed by atoms with E-state index in [1.54, 1.807) is 6.20 Å². The number of aliphatic hydroxyl groups is 1. The van der Waals surface area contributed by atoms with Crippen LogP contribution < -0.4 is 4.90 Å². The number of hydrogen-bond donors (Lipinski definition) is 1. The van der Waals surface area contributed by atoms with Crippen molar-refractivity contribution in [2.45, 2.75) is 27.4 Å². The van der Waals surface area contributed by atoms with Crippen molar-refractivity contribution in [2.75, 3.05) is 11.9 Å². The maximum Gasteiger partial charge on any atom is 0.229 e. The number of aromatic nitrogens is 2. The lowest BCUT2D eigenvalue weighted by molar-refractivity contribution is 0.280. The summed E-state index contributed by atoms with van der Waals surface area (Å²) >= 11 is 0. The van der Waals surface area contributed by atoms with Crippen LogP contribution in [0.1, 0.15) is 22.4 Å². The number of rotatable bonds is 3. The Labute approximate surface area is 113 Å². The molecule has 19 heavy (non-hydrogen) atoms. The molecule has 0 saturated carbocycles.